The van der Waals surface area contributed by atoms with E-state index in [9.17, 15) is 14.7 Å². The van der Waals surface area contributed by atoms with Gasteiger partial charge >= 0.3 is 5.97 Å². The van der Waals surface area contributed by atoms with Crippen molar-refractivity contribution in [1.29, 1.82) is 0 Å². The van der Waals surface area contributed by atoms with Crippen molar-refractivity contribution in [1.82, 2.24) is 4.98 Å². The lowest BCUT2D eigenvalue weighted by atomic mass is 9.76. The van der Waals surface area contributed by atoms with Gasteiger partial charge in [-0.2, -0.15) is 0 Å². The maximum atomic E-state index is 12.4. The quantitative estimate of drug-likeness (QED) is 0.838. The molecule has 1 amide bonds. The lowest BCUT2D eigenvalue weighted by Gasteiger charge is -2.29. The minimum absolute atomic E-state index is 0.273. The standard InChI is InChI=1S/C16H20N2O3/c1-9-4-5-14(17-8-9)18-15(19)12-6-10(2)11(3)7-13(12)16(20)21/h4-5,8,12-13H,6-7H2,1-3H3,(H,20,21)(H,17,18,19)/t12-,13-/m0/s1. The summed E-state index contributed by atoms with van der Waals surface area (Å²) in [7, 11) is 0. The summed E-state index contributed by atoms with van der Waals surface area (Å²) in [6, 6.07) is 3.58. The number of nitrogens with one attached hydrogen (secondary N) is 1. The summed E-state index contributed by atoms with van der Waals surface area (Å²) in [6.45, 7) is 5.80. The highest BCUT2D eigenvalue weighted by molar-refractivity contribution is 5.94. The average molecular weight is 288 g/mol. The maximum absolute atomic E-state index is 12.4. The van der Waals surface area contributed by atoms with Gasteiger partial charge in [0.15, 0.2) is 0 Å². The number of carboxylic acid groups (broad SMARTS) is 1. The van der Waals surface area contributed by atoms with Gasteiger partial charge in [-0.15, -0.1) is 0 Å². The number of carbonyl (C=O) groups excluding carboxylic acids is 1. The highest BCUT2D eigenvalue weighted by Crippen LogP contribution is 2.34. The number of aromatic nitrogens is 1. The molecule has 1 aliphatic carbocycles. The van der Waals surface area contributed by atoms with Crippen LogP contribution in [-0.4, -0.2) is 22.0 Å². The molecule has 5 nitrogen and oxygen atoms in total. The lowest BCUT2D eigenvalue weighted by molar-refractivity contribution is -0.146. The molecule has 0 aliphatic heterocycles. The molecule has 0 radical (unpaired) electrons. The predicted molar refractivity (Wildman–Crippen MR) is 79.8 cm³/mol. The van der Waals surface area contributed by atoms with E-state index in [1.807, 2.05) is 26.8 Å². The third kappa shape index (κ3) is 3.48. The monoisotopic (exact) mass is 288 g/mol. The Morgan fingerprint density at radius 1 is 1.14 bits per heavy atom. The number of amides is 1. The molecule has 0 spiro atoms. The predicted octanol–water partition coefficient (Wildman–Crippen LogP) is 2.78. The molecule has 1 heterocycles. The maximum Gasteiger partial charge on any atom is 0.307 e. The van der Waals surface area contributed by atoms with Crippen LogP contribution in [0.25, 0.3) is 0 Å². The zero-order valence-corrected chi connectivity index (χ0v) is 12.5. The zero-order chi connectivity index (χ0) is 15.6. The fraction of sp³-hybridized carbons (Fsp3) is 0.438. The minimum atomic E-state index is -0.918. The van der Waals surface area contributed by atoms with E-state index in [-0.39, 0.29) is 5.91 Å². The van der Waals surface area contributed by atoms with Crippen molar-refractivity contribution in [3.05, 3.63) is 35.0 Å². The van der Waals surface area contributed by atoms with Crippen LogP contribution < -0.4 is 5.32 Å². The summed E-state index contributed by atoms with van der Waals surface area (Å²) < 4.78 is 0. The molecule has 0 fully saturated rings. The van der Waals surface area contributed by atoms with E-state index in [2.05, 4.69) is 10.3 Å². The average Bonchev–Trinajstić information content (AvgIpc) is 2.43. The number of hydrogen-bond donors (Lipinski definition) is 2. The Balaban J connectivity index is 2.16. The van der Waals surface area contributed by atoms with Gasteiger partial charge in [0.25, 0.3) is 0 Å². The van der Waals surface area contributed by atoms with Gasteiger partial charge in [-0.25, -0.2) is 4.98 Å². The fourth-order valence-corrected chi connectivity index (χ4v) is 2.59. The van der Waals surface area contributed by atoms with Gasteiger partial charge < -0.3 is 10.4 Å². The van der Waals surface area contributed by atoms with Crippen molar-refractivity contribution >= 4 is 17.7 Å². The van der Waals surface area contributed by atoms with Gasteiger partial charge in [0.1, 0.15) is 5.82 Å². The largest absolute Gasteiger partial charge is 0.481 e. The molecule has 0 bridgehead atoms. The second kappa shape index (κ2) is 6.08. The number of anilines is 1. The van der Waals surface area contributed by atoms with E-state index in [0.29, 0.717) is 18.7 Å². The Morgan fingerprint density at radius 2 is 1.76 bits per heavy atom. The molecule has 0 unspecified atom stereocenters. The molecule has 0 saturated carbocycles. The van der Waals surface area contributed by atoms with E-state index < -0.39 is 17.8 Å². The van der Waals surface area contributed by atoms with Gasteiger partial charge in [0.05, 0.1) is 11.8 Å². The van der Waals surface area contributed by atoms with Crippen LogP contribution in [0.3, 0.4) is 0 Å². The van der Waals surface area contributed by atoms with Crippen molar-refractivity contribution in [2.24, 2.45) is 11.8 Å². The number of allylic oxidation sites excluding steroid dienone is 2. The number of carbonyl (C=O) groups is 2. The number of hydrogen-bond acceptors (Lipinski definition) is 3. The molecular weight excluding hydrogens is 268 g/mol. The van der Waals surface area contributed by atoms with Crippen molar-refractivity contribution in [2.75, 3.05) is 5.32 Å². The van der Waals surface area contributed by atoms with Gasteiger partial charge in [0.2, 0.25) is 5.91 Å². The van der Waals surface area contributed by atoms with Crippen LogP contribution in [-0.2, 0) is 9.59 Å². The van der Waals surface area contributed by atoms with Crippen LogP contribution in [0, 0.1) is 18.8 Å². The molecular formula is C16H20N2O3. The zero-order valence-electron chi connectivity index (χ0n) is 12.5. The van der Waals surface area contributed by atoms with E-state index in [1.54, 1.807) is 12.3 Å². The van der Waals surface area contributed by atoms with Gasteiger partial charge in [-0.3, -0.25) is 9.59 Å². The van der Waals surface area contributed by atoms with Crippen LogP contribution in [0.2, 0.25) is 0 Å². The minimum Gasteiger partial charge on any atom is -0.481 e. The lowest BCUT2D eigenvalue weighted by Crippen LogP contribution is -2.36. The number of aryl methyl sites for hydroxylation is 1. The molecule has 0 aromatic carbocycles. The van der Waals surface area contributed by atoms with Gasteiger partial charge in [-0.05, 0) is 45.2 Å². The summed E-state index contributed by atoms with van der Waals surface area (Å²) >= 11 is 0. The molecule has 1 aromatic heterocycles. The van der Waals surface area contributed by atoms with Gasteiger partial charge in [-0.1, -0.05) is 17.2 Å². The van der Waals surface area contributed by atoms with Crippen LogP contribution >= 0.6 is 0 Å². The summed E-state index contributed by atoms with van der Waals surface area (Å²) in [5.41, 5.74) is 3.17. The summed E-state index contributed by atoms with van der Waals surface area (Å²) in [6.07, 6.45) is 2.58. The first kappa shape index (κ1) is 15.2. The molecule has 1 aliphatic rings. The van der Waals surface area contributed by atoms with Crippen LogP contribution in [0.4, 0.5) is 5.82 Å². The number of rotatable bonds is 3. The van der Waals surface area contributed by atoms with Crippen molar-refractivity contribution < 1.29 is 14.7 Å². The van der Waals surface area contributed by atoms with Crippen LogP contribution in [0.1, 0.15) is 32.3 Å². The van der Waals surface area contributed by atoms with Crippen molar-refractivity contribution in [2.45, 2.75) is 33.6 Å². The molecule has 5 heteroatoms. The summed E-state index contributed by atoms with van der Waals surface area (Å²) in [4.78, 5) is 27.9. The Labute approximate surface area is 124 Å². The third-order valence-electron chi connectivity index (χ3n) is 4.08. The molecule has 2 rings (SSSR count). The smallest absolute Gasteiger partial charge is 0.307 e. The van der Waals surface area contributed by atoms with Gasteiger partial charge in [0, 0.05) is 6.20 Å². The number of carboxylic acids is 1. The Morgan fingerprint density at radius 3 is 2.29 bits per heavy atom. The third-order valence-corrected chi connectivity index (χ3v) is 4.08. The van der Waals surface area contributed by atoms with E-state index in [0.717, 1.165) is 16.7 Å². The molecule has 21 heavy (non-hydrogen) atoms. The first-order valence-electron chi connectivity index (χ1n) is 7.00. The Bertz CT molecular complexity index is 590. The van der Waals surface area contributed by atoms with Crippen LogP contribution in [0.5, 0.6) is 0 Å². The number of nitrogens with zero attached hydrogens (tertiary/aromatic N) is 1. The topological polar surface area (TPSA) is 79.3 Å². The first-order valence-corrected chi connectivity index (χ1v) is 7.00. The molecule has 0 saturated heterocycles. The second-order valence-electron chi connectivity index (χ2n) is 5.73. The highest BCUT2D eigenvalue weighted by atomic mass is 16.4. The van der Waals surface area contributed by atoms with E-state index in [4.69, 9.17) is 0 Å². The fourth-order valence-electron chi connectivity index (χ4n) is 2.59. The molecule has 2 atom stereocenters. The van der Waals surface area contributed by atoms with E-state index in [1.165, 1.54) is 0 Å². The SMILES string of the molecule is CC1=C(C)C[C@H](C(=O)Nc2ccc(C)cn2)[C@@H](C(=O)O)C1. The molecule has 112 valence electrons. The van der Waals surface area contributed by atoms with E-state index >= 15 is 0 Å². The highest BCUT2D eigenvalue weighted by Gasteiger charge is 2.37. The number of pyridine rings is 1. The van der Waals surface area contributed by atoms with Crippen molar-refractivity contribution in [3.8, 4) is 0 Å². The summed E-state index contributed by atoms with van der Waals surface area (Å²) in [5, 5.41) is 12.1. The summed E-state index contributed by atoms with van der Waals surface area (Å²) in [5.74, 6) is -1.95. The Hall–Kier alpha value is -2.17. The molecule has 1 aromatic rings. The first-order chi connectivity index (χ1) is 9.88. The molecule has 2 N–H and O–H groups in total. The van der Waals surface area contributed by atoms with Crippen molar-refractivity contribution in [3.63, 3.8) is 0 Å². The second-order valence-corrected chi connectivity index (χ2v) is 5.73. The number of aliphatic carboxylic acids is 1. The normalized spacial score (nSPS) is 22.0. The van der Waals surface area contributed by atoms with Crippen LogP contribution in [0.15, 0.2) is 29.5 Å². The Kier molecular flexibility index (Phi) is 4.40.